The predicted molar refractivity (Wildman–Crippen MR) is 80.7 cm³/mol. The molecule has 0 saturated heterocycles. The fraction of sp³-hybridized carbons (Fsp3) is 0.429. The van der Waals surface area contributed by atoms with Gasteiger partial charge in [-0.2, -0.15) is 5.10 Å². The molecular weight excluding hydrogens is 272 g/mol. The normalized spacial score (nSPS) is 12.2. The molecule has 1 atom stereocenters. The summed E-state index contributed by atoms with van der Waals surface area (Å²) < 4.78 is 1.85. The molecule has 0 spiro atoms. The summed E-state index contributed by atoms with van der Waals surface area (Å²) in [4.78, 5) is 13.0. The summed E-state index contributed by atoms with van der Waals surface area (Å²) in [5.41, 5.74) is 0. The quantitative estimate of drug-likeness (QED) is 0.770. The zero-order valence-electron chi connectivity index (χ0n) is 11.6. The van der Waals surface area contributed by atoms with Gasteiger partial charge in [0.05, 0.1) is 13.1 Å². The summed E-state index contributed by atoms with van der Waals surface area (Å²) in [6.45, 7) is 3.83. The minimum Gasteiger partial charge on any atom is -0.355 e. The standard InChI is InChI=1S/C14H20N4OS/c1-12(11-18-8-3-6-17-18)16-10-14(19)15-7-5-13-4-2-9-20-13/h2-4,6,8-9,12,16H,5,7,10-11H2,1H3,(H,15,19)/t12-/m0/s1. The Balaban J connectivity index is 1.57. The lowest BCUT2D eigenvalue weighted by Gasteiger charge is -2.13. The van der Waals surface area contributed by atoms with Crippen LogP contribution in [-0.4, -0.2) is 34.8 Å². The largest absolute Gasteiger partial charge is 0.355 e. The monoisotopic (exact) mass is 292 g/mol. The Hall–Kier alpha value is -1.66. The summed E-state index contributed by atoms with van der Waals surface area (Å²) in [6, 6.07) is 6.21. The fourth-order valence-electron chi connectivity index (χ4n) is 1.86. The maximum absolute atomic E-state index is 11.7. The second kappa shape index (κ2) is 7.81. The number of nitrogens with zero attached hydrogens (tertiary/aromatic N) is 2. The highest BCUT2D eigenvalue weighted by atomic mass is 32.1. The molecule has 0 aliphatic heterocycles. The average Bonchev–Trinajstić information content (AvgIpc) is 3.09. The first-order valence-electron chi connectivity index (χ1n) is 6.74. The Morgan fingerprint density at radius 1 is 1.50 bits per heavy atom. The van der Waals surface area contributed by atoms with Crippen molar-refractivity contribution in [2.75, 3.05) is 13.1 Å². The minimum absolute atomic E-state index is 0.0360. The molecule has 0 aromatic carbocycles. The van der Waals surface area contributed by atoms with E-state index >= 15 is 0 Å². The van der Waals surface area contributed by atoms with E-state index < -0.39 is 0 Å². The Labute approximate surface area is 123 Å². The van der Waals surface area contributed by atoms with Gasteiger partial charge >= 0.3 is 0 Å². The van der Waals surface area contributed by atoms with Gasteiger partial charge in [-0.05, 0) is 30.9 Å². The van der Waals surface area contributed by atoms with Gasteiger partial charge in [-0.3, -0.25) is 9.48 Å². The number of amides is 1. The highest BCUT2D eigenvalue weighted by Crippen LogP contribution is 2.07. The van der Waals surface area contributed by atoms with Crippen molar-refractivity contribution in [1.29, 1.82) is 0 Å². The molecule has 108 valence electrons. The average molecular weight is 292 g/mol. The number of rotatable bonds is 8. The molecule has 5 nitrogen and oxygen atoms in total. The molecule has 0 aliphatic carbocycles. The van der Waals surface area contributed by atoms with Gasteiger partial charge in [0.25, 0.3) is 0 Å². The van der Waals surface area contributed by atoms with Gasteiger partial charge in [-0.25, -0.2) is 0 Å². The second-order valence-corrected chi connectivity index (χ2v) is 5.72. The van der Waals surface area contributed by atoms with Crippen molar-refractivity contribution in [3.8, 4) is 0 Å². The van der Waals surface area contributed by atoms with E-state index in [-0.39, 0.29) is 11.9 Å². The molecule has 2 aromatic heterocycles. The van der Waals surface area contributed by atoms with E-state index in [1.54, 1.807) is 17.5 Å². The van der Waals surface area contributed by atoms with E-state index in [1.165, 1.54) is 4.88 Å². The topological polar surface area (TPSA) is 59.0 Å². The number of nitrogens with one attached hydrogen (secondary N) is 2. The summed E-state index contributed by atoms with van der Waals surface area (Å²) in [6.07, 6.45) is 4.57. The molecule has 0 saturated carbocycles. The zero-order valence-corrected chi connectivity index (χ0v) is 12.4. The van der Waals surface area contributed by atoms with Crippen LogP contribution in [0, 0.1) is 0 Å². The van der Waals surface area contributed by atoms with Crippen LogP contribution in [0.4, 0.5) is 0 Å². The Bertz CT molecular complexity index is 495. The molecule has 1 amide bonds. The predicted octanol–water partition coefficient (Wildman–Crippen LogP) is 1.28. The van der Waals surface area contributed by atoms with E-state index in [0.29, 0.717) is 13.1 Å². The zero-order chi connectivity index (χ0) is 14.2. The maximum Gasteiger partial charge on any atom is 0.233 e. The second-order valence-electron chi connectivity index (χ2n) is 4.69. The third-order valence-electron chi connectivity index (χ3n) is 2.90. The van der Waals surface area contributed by atoms with Crippen LogP contribution in [0.2, 0.25) is 0 Å². The first-order valence-corrected chi connectivity index (χ1v) is 7.62. The van der Waals surface area contributed by atoms with Crippen LogP contribution in [0.1, 0.15) is 11.8 Å². The van der Waals surface area contributed by atoms with E-state index in [4.69, 9.17) is 0 Å². The molecule has 0 radical (unpaired) electrons. The van der Waals surface area contributed by atoms with Gasteiger partial charge < -0.3 is 10.6 Å². The molecule has 2 rings (SSSR count). The smallest absolute Gasteiger partial charge is 0.233 e. The van der Waals surface area contributed by atoms with Crippen LogP contribution in [-0.2, 0) is 17.8 Å². The summed E-state index contributed by atoms with van der Waals surface area (Å²) in [7, 11) is 0. The lowest BCUT2D eigenvalue weighted by Crippen LogP contribution is -2.40. The number of hydrogen-bond donors (Lipinski definition) is 2. The molecule has 0 fully saturated rings. The van der Waals surface area contributed by atoms with E-state index in [9.17, 15) is 4.79 Å². The lowest BCUT2D eigenvalue weighted by atomic mass is 10.3. The van der Waals surface area contributed by atoms with Crippen molar-refractivity contribution in [2.45, 2.75) is 25.9 Å². The SMILES string of the molecule is C[C@@H](Cn1cccn1)NCC(=O)NCCc1cccs1. The molecule has 2 N–H and O–H groups in total. The Morgan fingerprint density at radius 3 is 3.10 bits per heavy atom. The van der Waals surface area contributed by atoms with Crippen LogP contribution in [0.3, 0.4) is 0 Å². The fourth-order valence-corrected chi connectivity index (χ4v) is 2.57. The van der Waals surface area contributed by atoms with E-state index in [1.807, 2.05) is 29.9 Å². The number of carbonyl (C=O) groups is 1. The maximum atomic E-state index is 11.7. The number of aromatic nitrogens is 2. The van der Waals surface area contributed by atoms with Crippen molar-refractivity contribution in [3.63, 3.8) is 0 Å². The number of thiophene rings is 1. The van der Waals surface area contributed by atoms with Crippen molar-refractivity contribution in [1.82, 2.24) is 20.4 Å². The molecule has 0 unspecified atom stereocenters. The molecular formula is C14H20N4OS. The molecule has 0 aliphatic rings. The van der Waals surface area contributed by atoms with Gasteiger partial charge in [0, 0.05) is 29.9 Å². The van der Waals surface area contributed by atoms with Crippen LogP contribution in [0.5, 0.6) is 0 Å². The third kappa shape index (κ3) is 5.14. The van der Waals surface area contributed by atoms with Gasteiger partial charge in [0.2, 0.25) is 5.91 Å². The summed E-state index contributed by atoms with van der Waals surface area (Å²) in [5, 5.41) is 12.3. The number of carbonyl (C=O) groups excluding carboxylic acids is 1. The highest BCUT2D eigenvalue weighted by molar-refractivity contribution is 7.09. The van der Waals surface area contributed by atoms with Crippen molar-refractivity contribution in [2.24, 2.45) is 0 Å². The highest BCUT2D eigenvalue weighted by Gasteiger charge is 2.06. The van der Waals surface area contributed by atoms with Crippen LogP contribution >= 0.6 is 11.3 Å². The lowest BCUT2D eigenvalue weighted by molar-refractivity contribution is -0.120. The first-order chi connectivity index (χ1) is 9.74. The van der Waals surface area contributed by atoms with E-state index in [2.05, 4.69) is 27.2 Å². The molecule has 0 bridgehead atoms. The van der Waals surface area contributed by atoms with Crippen molar-refractivity contribution < 1.29 is 4.79 Å². The Morgan fingerprint density at radius 2 is 2.40 bits per heavy atom. The van der Waals surface area contributed by atoms with Crippen LogP contribution < -0.4 is 10.6 Å². The van der Waals surface area contributed by atoms with Gasteiger partial charge in [-0.1, -0.05) is 6.07 Å². The van der Waals surface area contributed by atoms with Crippen molar-refractivity contribution in [3.05, 3.63) is 40.8 Å². The number of hydrogen-bond acceptors (Lipinski definition) is 4. The Kier molecular flexibility index (Phi) is 5.76. The van der Waals surface area contributed by atoms with Crippen molar-refractivity contribution >= 4 is 17.2 Å². The van der Waals surface area contributed by atoms with Crippen LogP contribution in [0.25, 0.3) is 0 Å². The molecule has 2 heterocycles. The molecule has 6 heteroatoms. The third-order valence-corrected chi connectivity index (χ3v) is 3.84. The van der Waals surface area contributed by atoms with Gasteiger partial charge in [0.15, 0.2) is 0 Å². The van der Waals surface area contributed by atoms with Gasteiger partial charge in [0.1, 0.15) is 0 Å². The molecule has 20 heavy (non-hydrogen) atoms. The summed E-state index contributed by atoms with van der Waals surface area (Å²) in [5.74, 6) is 0.0360. The van der Waals surface area contributed by atoms with Gasteiger partial charge in [-0.15, -0.1) is 11.3 Å². The summed E-state index contributed by atoms with van der Waals surface area (Å²) >= 11 is 1.72. The van der Waals surface area contributed by atoms with Crippen LogP contribution in [0.15, 0.2) is 36.0 Å². The first kappa shape index (κ1) is 14.7. The minimum atomic E-state index is 0.0360. The molecule has 2 aromatic rings. The van der Waals surface area contributed by atoms with E-state index in [0.717, 1.165) is 13.0 Å².